The first-order chi connectivity index (χ1) is 11.2. The van der Waals surface area contributed by atoms with Crippen molar-refractivity contribution in [1.82, 2.24) is 4.90 Å². The molecule has 0 N–H and O–H groups in total. The van der Waals surface area contributed by atoms with E-state index < -0.39 is 0 Å². The smallest absolute Gasteiger partial charge is 0.136 e. The summed E-state index contributed by atoms with van der Waals surface area (Å²) >= 11 is 0. The van der Waals surface area contributed by atoms with Crippen LogP contribution in [-0.2, 0) is 4.84 Å². The number of fused-ring (bicyclic) bond motifs is 1. The molecule has 3 aromatic rings. The van der Waals surface area contributed by atoms with E-state index in [1.54, 1.807) is 0 Å². The van der Waals surface area contributed by atoms with E-state index in [0.29, 0.717) is 6.61 Å². The zero-order valence-corrected chi connectivity index (χ0v) is 14.6. The van der Waals surface area contributed by atoms with Crippen LogP contribution < -0.4 is 5.36 Å². The van der Waals surface area contributed by atoms with Crippen molar-refractivity contribution >= 4 is 23.4 Å². The highest BCUT2D eigenvalue weighted by molar-refractivity contribution is 5.85. The second-order valence-corrected chi connectivity index (χ2v) is 5.59. The quantitative estimate of drug-likeness (QED) is 0.520. The number of para-hydroxylation sites is 1. The molecule has 1 heterocycles. The van der Waals surface area contributed by atoms with Crippen molar-refractivity contribution in [3.05, 3.63) is 66.0 Å². The van der Waals surface area contributed by atoms with Crippen molar-refractivity contribution < 1.29 is 9.25 Å². The molecule has 0 saturated heterocycles. The number of likely N-dealkylation sites (N-methyl/N-ethyl adjacent to an activating group) is 1. The average Bonchev–Trinajstić information content (AvgIpc) is 2.59. The minimum absolute atomic E-state index is 0. The van der Waals surface area contributed by atoms with Crippen LogP contribution in [0.3, 0.4) is 0 Å². The Labute approximate surface area is 147 Å². The van der Waals surface area contributed by atoms with Crippen LogP contribution in [-0.4, -0.2) is 32.1 Å². The predicted octanol–water partition coefficient (Wildman–Crippen LogP) is 3.92. The molecule has 0 fully saturated rings. The van der Waals surface area contributed by atoms with Gasteiger partial charge in [0.2, 0.25) is 0 Å². The van der Waals surface area contributed by atoms with E-state index in [2.05, 4.69) is 10.1 Å². The van der Waals surface area contributed by atoms with Gasteiger partial charge in [-0.3, -0.25) is 0 Å². The Balaban J connectivity index is 0.00000208. The first-order valence-electron chi connectivity index (χ1n) is 7.63. The van der Waals surface area contributed by atoms with Crippen LogP contribution >= 0.6 is 12.4 Å². The van der Waals surface area contributed by atoms with E-state index in [1.807, 2.05) is 74.8 Å². The summed E-state index contributed by atoms with van der Waals surface area (Å²) in [5.74, 6) is 0.777. The van der Waals surface area contributed by atoms with Crippen LogP contribution in [0, 0.1) is 0 Å². The summed E-state index contributed by atoms with van der Waals surface area (Å²) in [5, 5.41) is 6.03. The van der Waals surface area contributed by atoms with Gasteiger partial charge in [-0.25, -0.2) is 0 Å². The van der Waals surface area contributed by atoms with Crippen molar-refractivity contribution in [2.45, 2.75) is 0 Å². The molecule has 126 valence electrons. The highest BCUT2D eigenvalue weighted by Gasteiger charge is 2.05. The lowest BCUT2D eigenvalue weighted by Gasteiger charge is -2.08. The highest BCUT2D eigenvalue weighted by atomic mass is 35.5. The van der Waals surface area contributed by atoms with Crippen LogP contribution in [0.25, 0.3) is 22.3 Å². The highest BCUT2D eigenvalue weighted by Crippen LogP contribution is 2.21. The van der Waals surface area contributed by atoms with Gasteiger partial charge >= 0.3 is 0 Å². The van der Waals surface area contributed by atoms with Crippen LogP contribution in [0.1, 0.15) is 0 Å². The Hall–Kier alpha value is -2.30. The lowest BCUT2D eigenvalue weighted by molar-refractivity contribution is 0.117. The summed E-state index contributed by atoms with van der Waals surface area (Å²) in [6.45, 7) is 1.37. The number of rotatable bonds is 5. The third kappa shape index (κ3) is 4.37. The van der Waals surface area contributed by atoms with Crippen molar-refractivity contribution in [2.24, 2.45) is 5.16 Å². The first-order valence-corrected chi connectivity index (χ1v) is 7.63. The molecule has 3 rings (SSSR count). The average molecular weight is 345 g/mol. The molecule has 0 atom stereocenters. The maximum Gasteiger partial charge on any atom is 0.136 e. The molecule has 1 aromatic heterocycles. The molecule has 0 aliphatic heterocycles. The van der Waals surface area contributed by atoms with Gasteiger partial charge in [0.05, 0.1) is 0 Å². The van der Waals surface area contributed by atoms with Gasteiger partial charge < -0.3 is 14.2 Å². The van der Waals surface area contributed by atoms with Crippen molar-refractivity contribution in [3.8, 4) is 11.3 Å². The van der Waals surface area contributed by atoms with Crippen LogP contribution in [0.15, 0.2) is 70.2 Å². The molecule has 0 aliphatic carbocycles. The molecular formula is C19H21ClN2O2. The largest absolute Gasteiger partial charge is 0.456 e. The van der Waals surface area contributed by atoms with Gasteiger partial charge in [-0.2, -0.15) is 0 Å². The second kappa shape index (κ2) is 8.52. The van der Waals surface area contributed by atoms with Crippen molar-refractivity contribution in [3.63, 3.8) is 0 Å². The van der Waals surface area contributed by atoms with Crippen LogP contribution in [0.2, 0.25) is 0 Å². The number of hydrogen-bond donors (Lipinski definition) is 0. The zero-order chi connectivity index (χ0) is 16.1. The molecule has 0 unspecified atom stereocenters. The Morgan fingerprint density at radius 3 is 2.46 bits per heavy atom. The van der Waals surface area contributed by atoms with Crippen molar-refractivity contribution in [1.29, 1.82) is 0 Å². The standard InChI is InChI=1S/C19H20N2O2.ClH/c1-21(2)12-13-22-20-17-14-19(15-8-4-3-5-9-15)23-18-11-7-6-10-16(17)18;/h3-11,14H,12-13H2,1-2H3;1H/b20-17+;. The summed E-state index contributed by atoms with van der Waals surface area (Å²) in [6, 6.07) is 19.8. The maximum atomic E-state index is 6.01. The zero-order valence-electron chi connectivity index (χ0n) is 13.8. The topological polar surface area (TPSA) is 38.0 Å². The van der Waals surface area contributed by atoms with Crippen molar-refractivity contribution in [2.75, 3.05) is 27.2 Å². The third-order valence-electron chi connectivity index (χ3n) is 3.50. The van der Waals surface area contributed by atoms with Gasteiger partial charge in [-0.05, 0) is 26.2 Å². The first kappa shape index (κ1) is 18.0. The van der Waals surface area contributed by atoms with E-state index in [4.69, 9.17) is 9.25 Å². The predicted molar refractivity (Wildman–Crippen MR) is 99.0 cm³/mol. The minimum Gasteiger partial charge on any atom is -0.456 e. The molecule has 2 aromatic carbocycles. The molecule has 0 saturated carbocycles. The number of nitrogens with zero attached hydrogens (tertiary/aromatic N) is 2. The molecule has 0 spiro atoms. The van der Waals surface area contributed by atoms with Crippen LogP contribution in [0.5, 0.6) is 0 Å². The molecule has 0 bridgehead atoms. The molecular weight excluding hydrogens is 324 g/mol. The Morgan fingerprint density at radius 2 is 1.71 bits per heavy atom. The molecule has 0 radical (unpaired) electrons. The van der Waals surface area contributed by atoms with Gasteiger partial charge in [0, 0.05) is 23.6 Å². The molecule has 24 heavy (non-hydrogen) atoms. The van der Waals surface area contributed by atoms with E-state index in [-0.39, 0.29) is 12.4 Å². The van der Waals surface area contributed by atoms with Gasteiger partial charge in [0.1, 0.15) is 23.3 Å². The second-order valence-electron chi connectivity index (χ2n) is 5.59. The monoisotopic (exact) mass is 344 g/mol. The molecule has 0 amide bonds. The molecule has 4 nitrogen and oxygen atoms in total. The molecule has 0 aliphatic rings. The normalized spacial score (nSPS) is 11.5. The Morgan fingerprint density at radius 1 is 1.00 bits per heavy atom. The number of halogens is 1. The Kier molecular flexibility index (Phi) is 6.41. The third-order valence-corrected chi connectivity index (χ3v) is 3.50. The minimum atomic E-state index is 0. The number of hydrogen-bond acceptors (Lipinski definition) is 4. The Bertz CT molecular complexity index is 845. The van der Waals surface area contributed by atoms with Gasteiger partial charge in [-0.1, -0.05) is 47.6 Å². The van der Waals surface area contributed by atoms with Crippen LogP contribution in [0.4, 0.5) is 0 Å². The lowest BCUT2D eigenvalue weighted by Crippen LogP contribution is -2.17. The summed E-state index contributed by atoms with van der Waals surface area (Å²) in [7, 11) is 4.02. The fourth-order valence-electron chi connectivity index (χ4n) is 2.28. The fraction of sp³-hybridized carbons (Fsp3) is 0.211. The summed E-state index contributed by atoms with van der Waals surface area (Å²) in [5.41, 5.74) is 1.81. The summed E-state index contributed by atoms with van der Waals surface area (Å²) in [4.78, 5) is 7.53. The lowest BCUT2D eigenvalue weighted by atomic mass is 10.1. The van der Waals surface area contributed by atoms with E-state index >= 15 is 0 Å². The molecule has 5 heteroatoms. The SMILES string of the molecule is CN(C)CCO/N=c1\cc(-c2ccccc2)oc2ccccc12.Cl. The van der Waals surface area contributed by atoms with Gasteiger partial charge in [0.15, 0.2) is 0 Å². The van der Waals surface area contributed by atoms with E-state index in [9.17, 15) is 0 Å². The maximum absolute atomic E-state index is 6.01. The number of benzene rings is 2. The van der Waals surface area contributed by atoms with Gasteiger partial charge in [-0.15, -0.1) is 12.4 Å². The summed E-state index contributed by atoms with van der Waals surface area (Å²) in [6.07, 6.45) is 0. The van der Waals surface area contributed by atoms with E-state index in [0.717, 1.165) is 34.2 Å². The van der Waals surface area contributed by atoms with Gasteiger partial charge in [0.25, 0.3) is 0 Å². The fourth-order valence-corrected chi connectivity index (χ4v) is 2.28. The van der Waals surface area contributed by atoms with E-state index in [1.165, 1.54) is 0 Å². The summed E-state index contributed by atoms with van der Waals surface area (Å²) < 4.78 is 6.01.